The van der Waals surface area contributed by atoms with Gasteiger partial charge in [0.25, 0.3) is 0 Å². The van der Waals surface area contributed by atoms with Crippen molar-refractivity contribution in [2.24, 2.45) is 0 Å². The lowest BCUT2D eigenvalue weighted by Gasteiger charge is -2.18. The first kappa shape index (κ1) is 24.7. The zero-order valence-electron chi connectivity index (χ0n) is 24.6. The molecule has 0 bridgehead atoms. The van der Waals surface area contributed by atoms with Crippen LogP contribution in [-0.2, 0) is 12.8 Å². The number of allylic oxidation sites excluding steroid dienone is 1. The van der Waals surface area contributed by atoms with Gasteiger partial charge in [-0.25, -0.2) is 0 Å². The Morgan fingerprint density at radius 3 is 2.24 bits per heavy atom. The molecular weight excluding hydrogens is 548 g/mol. The maximum absolute atomic E-state index is 4.86. The van der Waals surface area contributed by atoms with Gasteiger partial charge in [-0.2, -0.15) is 0 Å². The molecular formula is C41H28N4. The van der Waals surface area contributed by atoms with Crippen molar-refractivity contribution in [1.29, 1.82) is 0 Å². The average molecular weight is 577 g/mol. The van der Waals surface area contributed by atoms with Crippen molar-refractivity contribution in [3.63, 3.8) is 0 Å². The molecule has 4 aromatic carbocycles. The molecule has 10 rings (SSSR count). The van der Waals surface area contributed by atoms with E-state index in [1.54, 1.807) is 0 Å². The lowest BCUT2D eigenvalue weighted by molar-refractivity contribution is 0.898. The smallest absolute Gasteiger partial charge is 0.0963 e. The molecule has 8 aromatic rings. The minimum Gasteiger partial charge on any atom is -0.311 e. The Labute approximate surface area is 260 Å². The molecule has 2 aliphatic rings. The third-order valence-corrected chi connectivity index (χ3v) is 9.79. The second-order valence-electron chi connectivity index (χ2n) is 12.1. The number of benzene rings is 4. The molecule has 0 saturated heterocycles. The van der Waals surface area contributed by atoms with Crippen LogP contribution in [0.5, 0.6) is 0 Å². The van der Waals surface area contributed by atoms with Crippen molar-refractivity contribution in [1.82, 2.24) is 19.1 Å². The van der Waals surface area contributed by atoms with E-state index in [2.05, 4.69) is 118 Å². The molecule has 4 heterocycles. The standard InChI is InChI=1S/C41H28N4/c1-2-9-29(10-3-1)44-37-20-19-27(24-34(37)41-38(44)15-7-22-43-41)26-17-18-28-25-33-30(32(28)23-26)12-6-14-36(33)45-35-13-5-4-11-31(35)40-39(45)16-8-21-42-40/h1-18,21-24H,19-20,25H2. The van der Waals surface area contributed by atoms with Gasteiger partial charge in [0, 0.05) is 41.1 Å². The minimum absolute atomic E-state index is 0.924. The van der Waals surface area contributed by atoms with Gasteiger partial charge in [0.15, 0.2) is 0 Å². The second-order valence-corrected chi connectivity index (χ2v) is 12.1. The van der Waals surface area contributed by atoms with Crippen molar-refractivity contribution in [3.05, 3.63) is 156 Å². The molecule has 2 aliphatic carbocycles. The second kappa shape index (κ2) is 9.38. The highest BCUT2D eigenvalue weighted by Gasteiger charge is 2.26. The van der Waals surface area contributed by atoms with Crippen LogP contribution in [0.3, 0.4) is 0 Å². The molecule has 0 radical (unpaired) electrons. The molecule has 4 heteroatoms. The van der Waals surface area contributed by atoms with Gasteiger partial charge in [0.05, 0.1) is 33.3 Å². The summed E-state index contributed by atoms with van der Waals surface area (Å²) in [4.78, 5) is 9.63. The molecule has 0 atom stereocenters. The Balaban J connectivity index is 1.11. The third-order valence-electron chi connectivity index (χ3n) is 9.79. The van der Waals surface area contributed by atoms with E-state index in [1.165, 1.54) is 72.4 Å². The van der Waals surface area contributed by atoms with Crippen LogP contribution in [0.1, 0.15) is 34.4 Å². The summed E-state index contributed by atoms with van der Waals surface area (Å²) in [6, 6.07) is 41.6. The van der Waals surface area contributed by atoms with Crippen molar-refractivity contribution in [2.45, 2.75) is 19.3 Å². The first-order chi connectivity index (χ1) is 22.3. The van der Waals surface area contributed by atoms with E-state index in [-0.39, 0.29) is 0 Å². The van der Waals surface area contributed by atoms with E-state index in [0.29, 0.717) is 0 Å². The van der Waals surface area contributed by atoms with Crippen LogP contribution in [0.2, 0.25) is 0 Å². The van der Waals surface area contributed by atoms with E-state index >= 15 is 0 Å². The Morgan fingerprint density at radius 1 is 0.578 bits per heavy atom. The first-order valence-electron chi connectivity index (χ1n) is 15.7. The monoisotopic (exact) mass is 576 g/mol. The van der Waals surface area contributed by atoms with E-state index < -0.39 is 0 Å². The summed E-state index contributed by atoms with van der Waals surface area (Å²) in [7, 11) is 0. The highest BCUT2D eigenvalue weighted by molar-refractivity contribution is 6.07. The quantitative estimate of drug-likeness (QED) is 0.210. The van der Waals surface area contributed by atoms with E-state index in [0.717, 1.165) is 35.8 Å². The fourth-order valence-electron chi connectivity index (χ4n) is 7.82. The maximum atomic E-state index is 4.86. The van der Waals surface area contributed by atoms with Crippen LogP contribution in [0.25, 0.3) is 67.1 Å². The van der Waals surface area contributed by atoms with Crippen molar-refractivity contribution < 1.29 is 0 Å². The van der Waals surface area contributed by atoms with E-state index in [4.69, 9.17) is 9.97 Å². The number of fused-ring (bicyclic) bond motifs is 9. The molecule has 4 nitrogen and oxygen atoms in total. The molecule has 0 aliphatic heterocycles. The summed E-state index contributed by atoms with van der Waals surface area (Å²) in [5.41, 5.74) is 18.8. The molecule has 212 valence electrons. The summed E-state index contributed by atoms with van der Waals surface area (Å²) in [6.45, 7) is 0. The Kier molecular flexibility index (Phi) is 5.14. The zero-order chi connectivity index (χ0) is 29.5. The highest BCUT2D eigenvalue weighted by Crippen LogP contribution is 2.44. The fourth-order valence-corrected chi connectivity index (χ4v) is 7.82. The third kappa shape index (κ3) is 3.54. The summed E-state index contributed by atoms with van der Waals surface area (Å²) in [5.74, 6) is 0. The number of hydrogen-bond donors (Lipinski definition) is 0. The SMILES string of the molecule is C1=C(c2ccc3c(c2)-c2cccc(-n4c5ccccc5c5ncccc54)c2C3)CCc2c1c1ncccc1n2-c1ccccc1. The molecule has 0 amide bonds. The Bertz CT molecular complexity index is 2460. The van der Waals surface area contributed by atoms with Crippen LogP contribution in [0.15, 0.2) is 128 Å². The summed E-state index contributed by atoms with van der Waals surface area (Å²) in [5, 5.41) is 1.19. The van der Waals surface area contributed by atoms with Crippen molar-refractivity contribution >= 4 is 44.6 Å². The fraction of sp³-hybridized carbons (Fsp3) is 0.0732. The van der Waals surface area contributed by atoms with Gasteiger partial charge in [-0.15, -0.1) is 0 Å². The summed E-state index contributed by atoms with van der Waals surface area (Å²) >= 11 is 0. The number of pyridine rings is 2. The lowest BCUT2D eigenvalue weighted by atomic mass is 9.90. The summed E-state index contributed by atoms with van der Waals surface area (Å²) in [6.07, 6.45) is 9.10. The summed E-state index contributed by atoms with van der Waals surface area (Å²) < 4.78 is 4.81. The van der Waals surface area contributed by atoms with Gasteiger partial charge < -0.3 is 9.13 Å². The number of rotatable bonds is 3. The van der Waals surface area contributed by atoms with Gasteiger partial charge in [0.2, 0.25) is 0 Å². The minimum atomic E-state index is 0.924. The number of aromatic nitrogens is 4. The molecule has 4 aromatic heterocycles. The predicted octanol–water partition coefficient (Wildman–Crippen LogP) is 9.58. The van der Waals surface area contributed by atoms with Gasteiger partial charge >= 0.3 is 0 Å². The molecule has 0 fully saturated rings. The molecule has 0 saturated carbocycles. The largest absolute Gasteiger partial charge is 0.311 e. The van der Waals surface area contributed by atoms with Crippen LogP contribution in [0.4, 0.5) is 0 Å². The average Bonchev–Trinajstić information content (AvgIpc) is 3.76. The van der Waals surface area contributed by atoms with Gasteiger partial charge in [-0.05, 0) is 107 Å². The maximum Gasteiger partial charge on any atom is 0.0963 e. The van der Waals surface area contributed by atoms with Crippen LogP contribution >= 0.6 is 0 Å². The predicted molar refractivity (Wildman–Crippen MR) is 184 cm³/mol. The molecule has 45 heavy (non-hydrogen) atoms. The van der Waals surface area contributed by atoms with Crippen LogP contribution < -0.4 is 0 Å². The number of para-hydroxylation sites is 2. The van der Waals surface area contributed by atoms with E-state index in [9.17, 15) is 0 Å². The normalized spacial score (nSPS) is 13.6. The number of hydrogen-bond acceptors (Lipinski definition) is 2. The van der Waals surface area contributed by atoms with E-state index in [1.807, 2.05) is 24.5 Å². The number of nitrogens with zero attached hydrogens (tertiary/aromatic N) is 4. The Hall–Kier alpha value is -5.74. The van der Waals surface area contributed by atoms with Gasteiger partial charge in [0.1, 0.15) is 0 Å². The first-order valence-corrected chi connectivity index (χ1v) is 15.7. The van der Waals surface area contributed by atoms with Crippen molar-refractivity contribution in [3.8, 4) is 22.5 Å². The zero-order valence-corrected chi connectivity index (χ0v) is 24.6. The highest BCUT2D eigenvalue weighted by atomic mass is 15.0. The Morgan fingerprint density at radius 2 is 1.36 bits per heavy atom. The lowest BCUT2D eigenvalue weighted by Crippen LogP contribution is -2.05. The van der Waals surface area contributed by atoms with Crippen molar-refractivity contribution in [2.75, 3.05) is 0 Å². The van der Waals surface area contributed by atoms with Crippen LogP contribution in [0, 0.1) is 0 Å². The molecule has 0 unspecified atom stereocenters. The molecule has 0 spiro atoms. The topological polar surface area (TPSA) is 35.6 Å². The van der Waals surface area contributed by atoms with Crippen LogP contribution in [-0.4, -0.2) is 19.1 Å². The van der Waals surface area contributed by atoms with Gasteiger partial charge in [-0.1, -0.05) is 60.7 Å². The van der Waals surface area contributed by atoms with Gasteiger partial charge in [-0.3, -0.25) is 9.97 Å². The molecule has 0 N–H and O–H groups in total.